The van der Waals surface area contributed by atoms with E-state index in [-0.39, 0.29) is 5.56 Å². The summed E-state index contributed by atoms with van der Waals surface area (Å²) in [6, 6.07) is 12.5. The molecule has 0 saturated heterocycles. The molecule has 1 amide bonds. The molecular weight excluding hydrogens is 405 g/mol. The van der Waals surface area contributed by atoms with Crippen LogP contribution in [0.15, 0.2) is 67.0 Å². The van der Waals surface area contributed by atoms with Gasteiger partial charge < -0.3 is 10.7 Å². The first-order chi connectivity index (χ1) is 14.4. The average molecular weight is 420 g/mol. The Kier molecular flexibility index (Phi) is 5.16. The van der Waals surface area contributed by atoms with Gasteiger partial charge >= 0.3 is 0 Å². The van der Waals surface area contributed by atoms with Gasteiger partial charge in [0.25, 0.3) is 0 Å². The third-order valence-electron chi connectivity index (χ3n) is 4.64. The maximum atomic E-state index is 14.8. The number of carbonyl (C=O) groups excluding carboxylic acids is 2. The Morgan fingerprint density at radius 2 is 1.83 bits per heavy atom. The number of carbonyl (C=O) groups is 2. The Hall–Kier alpha value is -3.77. The molecule has 4 aromatic rings. The molecule has 7 heteroatoms. The van der Waals surface area contributed by atoms with Gasteiger partial charge in [0.1, 0.15) is 11.5 Å². The van der Waals surface area contributed by atoms with Crippen molar-refractivity contribution in [2.24, 2.45) is 5.73 Å². The zero-order chi connectivity index (χ0) is 21.3. The second-order valence-electron chi connectivity index (χ2n) is 6.63. The van der Waals surface area contributed by atoms with E-state index in [0.29, 0.717) is 27.4 Å². The molecule has 2 aromatic heterocycles. The summed E-state index contributed by atoms with van der Waals surface area (Å²) in [7, 11) is 0. The van der Waals surface area contributed by atoms with E-state index >= 15 is 0 Å². The van der Waals surface area contributed by atoms with Gasteiger partial charge in [0.05, 0.1) is 5.56 Å². The fourth-order valence-corrected chi connectivity index (χ4v) is 3.25. The maximum Gasteiger partial charge on any atom is 0.241 e. The minimum Gasteiger partial charge on any atom is -0.366 e. The molecule has 2 heterocycles. The Balaban J connectivity index is 1.69. The molecular formula is C23H15ClFN3O2. The number of aromatic nitrogens is 2. The summed E-state index contributed by atoms with van der Waals surface area (Å²) in [5.74, 6) is -1.61. The van der Waals surface area contributed by atoms with Crippen molar-refractivity contribution in [2.75, 3.05) is 0 Å². The lowest BCUT2D eigenvalue weighted by molar-refractivity contribution is -0.113. The summed E-state index contributed by atoms with van der Waals surface area (Å²) < 4.78 is 14.8. The molecule has 0 unspecified atom stereocenters. The van der Waals surface area contributed by atoms with Crippen LogP contribution in [0.25, 0.3) is 28.2 Å². The summed E-state index contributed by atoms with van der Waals surface area (Å²) in [5.41, 5.74) is 8.07. The highest BCUT2D eigenvalue weighted by Crippen LogP contribution is 2.27. The van der Waals surface area contributed by atoms with Crippen LogP contribution in [-0.2, 0) is 4.79 Å². The molecule has 0 aliphatic carbocycles. The highest BCUT2D eigenvalue weighted by molar-refractivity contribution is 6.30. The normalized spacial score (nSPS) is 11.3. The predicted molar refractivity (Wildman–Crippen MR) is 115 cm³/mol. The maximum absolute atomic E-state index is 14.8. The third-order valence-corrected chi connectivity index (χ3v) is 4.90. The number of H-pyrrole nitrogens is 1. The number of hydrogen-bond donors (Lipinski definition) is 2. The predicted octanol–water partition coefficient (Wildman–Crippen LogP) is 4.75. The van der Waals surface area contributed by atoms with E-state index in [2.05, 4.69) is 9.97 Å². The van der Waals surface area contributed by atoms with E-state index < -0.39 is 17.5 Å². The molecule has 0 aliphatic rings. The first kappa shape index (κ1) is 19.5. The fraction of sp³-hybridized carbons (Fsp3) is 0. The number of ketones is 1. The van der Waals surface area contributed by atoms with Crippen LogP contribution in [0, 0.1) is 5.82 Å². The van der Waals surface area contributed by atoms with E-state index in [1.54, 1.807) is 48.8 Å². The van der Waals surface area contributed by atoms with Gasteiger partial charge in [0, 0.05) is 45.6 Å². The largest absolute Gasteiger partial charge is 0.366 e. The lowest BCUT2D eigenvalue weighted by Gasteiger charge is -2.07. The zero-order valence-electron chi connectivity index (χ0n) is 15.5. The number of nitrogens with zero attached hydrogens (tertiary/aromatic N) is 1. The number of nitrogens with two attached hydrogens (primary N) is 1. The molecule has 0 saturated carbocycles. The van der Waals surface area contributed by atoms with Crippen LogP contribution in [-0.4, -0.2) is 21.7 Å². The van der Waals surface area contributed by atoms with Gasteiger partial charge in [-0.05, 0) is 54.1 Å². The van der Waals surface area contributed by atoms with Gasteiger partial charge in [0.15, 0.2) is 5.78 Å². The van der Waals surface area contributed by atoms with E-state index in [1.807, 2.05) is 6.07 Å². The van der Waals surface area contributed by atoms with Crippen molar-refractivity contribution >= 4 is 40.4 Å². The van der Waals surface area contributed by atoms with E-state index in [4.69, 9.17) is 17.3 Å². The van der Waals surface area contributed by atoms with Gasteiger partial charge in [0.2, 0.25) is 5.91 Å². The van der Waals surface area contributed by atoms with Gasteiger partial charge in [-0.2, -0.15) is 0 Å². The monoisotopic (exact) mass is 419 g/mol. The minimum absolute atomic E-state index is 0.0261. The molecule has 0 aliphatic heterocycles. The van der Waals surface area contributed by atoms with Crippen LogP contribution in [0.5, 0.6) is 0 Å². The highest BCUT2D eigenvalue weighted by atomic mass is 35.5. The number of amides is 1. The van der Waals surface area contributed by atoms with Crippen molar-refractivity contribution in [3.63, 3.8) is 0 Å². The lowest BCUT2D eigenvalue weighted by atomic mass is 9.99. The molecule has 4 rings (SSSR count). The summed E-state index contributed by atoms with van der Waals surface area (Å²) in [6.07, 6.45) is 6.15. The van der Waals surface area contributed by atoms with Crippen LogP contribution in [0.1, 0.15) is 21.5 Å². The van der Waals surface area contributed by atoms with Crippen LogP contribution >= 0.6 is 11.6 Å². The van der Waals surface area contributed by atoms with E-state index in [0.717, 1.165) is 10.9 Å². The van der Waals surface area contributed by atoms with Crippen molar-refractivity contribution in [1.82, 2.24) is 9.97 Å². The minimum atomic E-state index is -0.629. The third kappa shape index (κ3) is 3.86. The first-order valence-corrected chi connectivity index (χ1v) is 9.35. The number of pyridine rings is 1. The second kappa shape index (κ2) is 7.93. The molecule has 2 aromatic carbocycles. The zero-order valence-corrected chi connectivity index (χ0v) is 16.3. The smallest absolute Gasteiger partial charge is 0.241 e. The molecule has 0 radical (unpaired) electrons. The van der Waals surface area contributed by atoms with Crippen LogP contribution in [0.4, 0.5) is 4.39 Å². The summed E-state index contributed by atoms with van der Waals surface area (Å²) in [6.45, 7) is 0. The van der Waals surface area contributed by atoms with Crippen molar-refractivity contribution in [3.05, 3.63) is 94.5 Å². The average Bonchev–Trinajstić information content (AvgIpc) is 3.14. The van der Waals surface area contributed by atoms with Crippen molar-refractivity contribution in [3.8, 4) is 11.1 Å². The van der Waals surface area contributed by atoms with Crippen LogP contribution < -0.4 is 5.73 Å². The van der Waals surface area contributed by atoms with Crippen molar-refractivity contribution < 1.29 is 14.0 Å². The molecule has 0 bridgehead atoms. The number of benzene rings is 2. The highest BCUT2D eigenvalue weighted by Gasteiger charge is 2.15. The standard InChI is InChI=1S/C23H15ClFN3O2/c24-17-5-1-13(2-6-17)22(30)18-7-3-14(10-20(18)25)16-9-19-15(4-8-21(26)29)11-27-23(19)28-12-16/h1-12H,(H2,26,29)(H,27,28)/b8-4+. The van der Waals surface area contributed by atoms with Crippen LogP contribution in [0.3, 0.4) is 0 Å². The number of fused-ring (bicyclic) bond motifs is 1. The molecule has 3 N–H and O–H groups in total. The molecule has 0 fully saturated rings. The number of halogens is 2. The molecule has 30 heavy (non-hydrogen) atoms. The van der Waals surface area contributed by atoms with Gasteiger partial charge in [-0.1, -0.05) is 17.7 Å². The van der Waals surface area contributed by atoms with Gasteiger partial charge in [-0.15, -0.1) is 0 Å². The summed E-state index contributed by atoms with van der Waals surface area (Å²) >= 11 is 5.84. The number of hydrogen-bond acceptors (Lipinski definition) is 3. The fourth-order valence-electron chi connectivity index (χ4n) is 3.13. The lowest BCUT2D eigenvalue weighted by Crippen LogP contribution is -2.05. The number of nitrogens with one attached hydrogen (secondary N) is 1. The summed E-state index contributed by atoms with van der Waals surface area (Å²) in [4.78, 5) is 30.9. The van der Waals surface area contributed by atoms with Crippen LogP contribution in [0.2, 0.25) is 5.02 Å². The van der Waals surface area contributed by atoms with Crippen molar-refractivity contribution in [2.45, 2.75) is 0 Å². The first-order valence-electron chi connectivity index (χ1n) is 8.97. The quantitative estimate of drug-likeness (QED) is 0.361. The Morgan fingerprint density at radius 3 is 2.53 bits per heavy atom. The summed E-state index contributed by atoms with van der Waals surface area (Å²) in [5, 5.41) is 1.26. The number of primary amides is 1. The molecule has 148 valence electrons. The molecule has 5 nitrogen and oxygen atoms in total. The molecule has 0 spiro atoms. The van der Waals surface area contributed by atoms with Gasteiger partial charge in [-0.25, -0.2) is 9.37 Å². The number of rotatable bonds is 5. The Labute approximate surface area is 176 Å². The van der Waals surface area contributed by atoms with E-state index in [1.165, 1.54) is 18.2 Å². The Morgan fingerprint density at radius 1 is 1.07 bits per heavy atom. The van der Waals surface area contributed by atoms with E-state index in [9.17, 15) is 14.0 Å². The van der Waals surface area contributed by atoms with Gasteiger partial charge in [-0.3, -0.25) is 9.59 Å². The number of aromatic amines is 1. The molecule has 0 atom stereocenters. The van der Waals surface area contributed by atoms with Crippen molar-refractivity contribution in [1.29, 1.82) is 0 Å². The second-order valence-corrected chi connectivity index (χ2v) is 7.07. The SMILES string of the molecule is NC(=O)/C=C/c1c[nH]c2ncc(-c3ccc(C(=O)c4ccc(Cl)cc4)c(F)c3)cc12. The topological polar surface area (TPSA) is 88.8 Å². The Bertz CT molecular complexity index is 1310.